The second-order valence-electron chi connectivity index (χ2n) is 5.92. The molecule has 1 heterocycles. The molecule has 98 valence electrons. The second-order valence-corrected chi connectivity index (χ2v) is 5.92. The van der Waals surface area contributed by atoms with Gasteiger partial charge >= 0.3 is 0 Å². The molecule has 1 N–H and O–H groups in total. The second kappa shape index (κ2) is 4.41. The summed E-state index contributed by atoms with van der Waals surface area (Å²) < 4.78 is 4.93. The molecule has 2 saturated carbocycles. The van der Waals surface area contributed by atoms with Crippen LogP contribution in [0.15, 0.2) is 10.6 Å². The van der Waals surface area contributed by atoms with E-state index in [2.05, 4.69) is 17.4 Å². The third-order valence-corrected chi connectivity index (χ3v) is 4.65. The van der Waals surface area contributed by atoms with Crippen LogP contribution in [0.3, 0.4) is 0 Å². The van der Waals surface area contributed by atoms with Crippen LogP contribution in [0.5, 0.6) is 0 Å². The van der Waals surface area contributed by atoms with Gasteiger partial charge in [-0.05, 0) is 50.9 Å². The summed E-state index contributed by atoms with van der Waals surface area (Å²) in [6, 6.07) is 1.92. The standard InChI is InChI=1S/C14H20N2O2/c1-8-5-13(16-18-8)14(17)15-9(2)12-7-10-3-4-11(12)6-10/h5,9-12H,3-4,6-7H2,1-2H3,(H,15,17). The van der Waals surface area contributed by atoms with E-state index in [0.717, 1.165) is 11.8 Å². The number of aromatic nitrogens is 1. The number of fused-ring (bicyclic) bond motifs is 2. The fraction of sp³-hybridized carbons (Fsp3) is 0.714. The summed E-state index contributed by atoms with van der Waals surface area (Å²) in [5, 5.41) is 6.83. The zero-order valence-electron chi connectivity index (χ0n) is 11.0. The van der Waals surface area contributed by atoms with E-state index < -0.39 is 0 Å². The fourth-order valence-corrected chi connectivity index (χ4v) is 3.77. The summed E-state index contributed by atoms with van der Waals surface area (Å²) in [6.45, 7) is 3.92. The van der Waals surface area contributed by atoms with E-state index in [4.69, 9.17) is 4.52 Å². The summed E-state index contributed by atoms with van der Waals surface area (Å²) >= 11 is 0. The average molecular weight is 248 g/mol. The average Bonchev–Trinajstić information content (AvgIpc) is 3.03. The first-order chi connectivity index (χ1) is 8.63. The predicted octanol–water partition coefficient (Wildman–Crippen LogP) is 2.54. The topological polar surface area (TPSA) is 55.1 Å². The Hall–Kier alpha value is -1.32. The number of hydrogen-bond acceptors (Lipinski definition) is 3. The molecular formula is C14H20N2O2. The molecule has 1 amide bonds. The number of aryl methyl sites for hydroxylation is 1. The molecule has 0 aliphatic heterocycles. The van der Waals surface area contributed by atoms with Crippen LogP contribution in [-0.4, -0.2) is 17.1 Å². The van der Waals surface area contributed by atoms with Gasteiger partial charge in [-0.1, -0.05) is 11.6 Å². The lowest BCUT2D eigenvalue weighted by Gasteiger charge is -2.28. The molecular weight excluding hydrogens is 228 g/mol. The van der Waals surface area contributed by atoms with Crippen LogP contribution in [0.2, 0.25) is 0 Å². The molecule has 1 aromatic heterocycles. The van der Waals surface area contributed by atoms with Crippen molar-refractivity contribution < 1.29 is 9.32 Å². The van der Waals surface area contributed by atoms with Crippen LogP contribution in [0.4, 0.5) is 0 Å². The Morgan fingerprint density at radius 2 is 2.33 bits per heavy atom. The van der Waals surface area contributed by atoms with Gasteiger partial charge in [0.05, 0.1) is 0 Å². The van der Waals surface area contributed by atoms with E-state index in [1.165, 1.54) is 25.7 Å². The first kappa shape index (κ1) is 11.8. The molecule has 3 rings (SSSR count). The summed E-state index contributed by atoms with van der Waals surface area (Å²) in [4.78, 5) is 12.0. The van der Waals surface area contributed by atoms with Gasteiger partial charge in [0.1, 0.15) is 5.76 Å². The van der Waals surface area contributed by atoms with Crippen molar-refractivity contribution in [1.82, 2.24) is 10.5 Å². The summed E-state index contributed by atoms with van der Waals surface area (Å²) in [7, 11) is 0. The Balaban J connectivity index is 1.61. The van der Waals surface area contributed by atoms with Crippen LogP contribution in [0.25, 0.3) is 0 Å². The molecule has 1 aromatic rings. The highest BCUT2D eigenvalue weighted by molar-refractivity contribution is 5.92. The third kappa shape index (κ3) is 2.04. The van der Waals surface area contributed by atoms with Crippen molar-refractivity contribution in [3.05, 3.63) is 17.5 Å². The van der Waals surface area contributed by atoms with Crippen LogP contribution in [0, 0.1) is 24.7 Å². The molecule has 0 saturated heterocycles. The zero-order chi connectivity index (χ0) is 12.7. The van der Waals surface area contributed by atoms with Crippen molar-refractivity contribution in [3.63, 3.8) is 0 Å². The largest absolute Gasteiger partial charge is 0.361 e. The van der Waals surface area contributed by atoms with Crippen molar-refractivity contribution in [2.75, 3.05) is 0 Å². The Morgan fingerprint density at radius 1 is 1.50 bits per heavy atom. The van der Waals surface area contributed by atoms with Crippen LogP contribution in [-0.2, 0) is 0 Å². The highest BCUT2D eigenvalue weighted by Crippen LogP contribution is 2.49. The maximum atomic E-state index is 12.0. The maximum Gasteiger partial charge on any atom is 0.273 e. The summed E-state index contributed by atoms with van der Waals surface area (Å²) in [5.41, 5.74) is 0.391. The van der Waals surface area contributed by atoms with Gasteiger partial charge in [0.15, 0.2) is 5.69 Å². The minimum absolute atomic E-state index is 0.109. The number of hydrogen-bond donors (Lipinski definition) is 1. The molecule has 2 aliphatic carbocycles. The lowest BCUT2D eigenvalue weighted by Crippen LogP contribution is -2.40. The van der Waals surface area contributed by atoms with Gasteiger partial charge in [0, 0.05) is 12.1 Å². The van der Waals surface area contributed by atoms with Crippen LogP contribution < -0.4 is 5.32 Å². The van der Waals surface area contributed by atoms with E-state index in [1.807, 2.05) is 0 Å². The molecule has 0 spiro atoms. The molecule has 4 nitrogen and oxygen atoms in total. The first-order valence-corrected chi connectivity index (χ1v) is 6.87. The highest BCUT2D eigenvalue weighted by Gasteiger charge is 2.42. The smallest absolute Gasteiger partial charge is 0.273 e. The minimum Gasteiger partial charge on any atom is -0.361 e. The van der Waals surface area contributed by atoms with E-state index >= 15 is 0 Å². The lowest BCUT2D eigenvalue weighted by molar-refractivity contribution is 0.0906. The molecule has 18 heavy (non-hydrogen) atoms. The summed E-state index contributed by atoms with van der Waals surface area (Å²) in [6.07, 6.45) is 5.39. The molecule has 4 atom stereocenters. The molecule has 0 aromatic carbocycles. The number of nitrogens with one attached hydrogen (secondary N) is 1. The first-order valence-electron chi connectivity index (χ1n) is 6.87. The zero-order valence-corrected chi connectivity index (χ0v) is 11.0. The Bertz CT molecular complexity index is 454. The van der Waals surface area contributed by atoms with Gasteiger partial charge < -0.3 is 9.84 Å². The summed E-state index contributed by atoms with van der Waals surface area (Å²) in [5.74, 6) is 2.95. The van der Waals surface area contributed by atoms with Crippen LogP contribution in [0.1, 0.15) is 48.9 Å². The minimum atomic E-state index is -0.109. The number of rotatable bonds is 3. The predicted molar refractivity (Wildman–Crippen MR) is 67.1 cm³/mol. The van der Waals surface area contributed by atoms with E-state index in [1.54, 1.807) is 13.0 Å². The van der Waals surface area contributed by atoms with Crippen molar-refractivity contribution >= 4 is 5.91 Å². The Kier molecular flexibility index (Phi) is 2.88. The molecule has 2 bridgehead atoms. The highest BCUT2D eigenvalue weighted by atomic mass is 16.5. The molecule has 4 heteroatoms. The number of amides is 1. The van der Waals surface area contributed by atoms with Gasteiger partial charge in [0.2, 0.25) is 0 Å². The monoisotopic (exact) mass is 248 g/mol. The van der Waals surface area contributed by atoms with Gasteiger partial charge in [-0.15, -0.1) is 0 Å². The van der Waals surface area contributed by atoms with Crippen LogP contribution >= 0.6 is 0 Å². The van der Waals surface area contributed by atoms with Gasteiger partial charge in [-0.2, -0.15) is 0 Å². The van der Waals surface area contributed by atoms with Crippen molar-refractivity contribution in [1.29, 1.82) is 0 Å². The number of carbonyl (C=O) groups excluding carboxylic acids is 1. The quantitative estimate of drug-likeness (QED) is 0.894. The van der Waals surface area contributed by atoms with Gasteiger partial charge in [-0.25, -0.2) is 0 Å². The van der Waals surface area contributed by atoms with E-state index in [0.29, 0.717) is 17.4 Å². The van der Waals surface area contributed by atoms with Gasteiger partial charge in [0.25, 0.3) is 5.91 Å². The number of nitrogens with zero attached hydrogens (tertiary/aromatic N) is 1. The Labute approximate surface area is 107 Å². The van der Waals surface area contributed by atoms with Crippen molar-refractivity contribution in [2.24, 2.45) is 17.8 Å². The van der Waals surface area contributed by atoms with Crippen molar-refractivity contribution in [2.45, 2.75) is 45.6 Å². The van der Waals surface area contributed by atoms with Crippen molar-refractivity contribution in [3.8, 4) is 0 Å². The maximum absolute atomic E-state index is 12.0. The number of carbonyl (C=O) groups is 1. The molecule has 0 radical (unpaired) electrons. The van der Waals surface area contributed by atoms with Gasteiger partial charge in [-0.3, -0.25) is 4.79 Å². The third-order valence-electron chi connectivity index (χ3n) is 4.65. The molecule has 2 fully saturated rings. The molecule has 4 unspecified atom stereocenters. The Morgan fingerprint density at radius 3 is 2.89 bits per heavy atom. The lowest BCUT2D eigenvalue weighted by atomic mass is 9.84. The SMILES string of the molecule is Cc1cc(C(=O)NC(C)C2CC3CCC2C3)no1. The fourth-order valence-electron chi connectivity index (χ4n) is 3.77. The van der Waals surface area contributed by atoms with E-state index in [-0.39, 0.29) is 11.9 Å². The molecule has 2 aliphatic rings. The van der Waals surface area contributed by atoms with E-state index in [9.17, 15) is 4.79 Å². The normalized spacial score (nSPS) is 31.6.